The van der Waals surface area contributed by atoms with Crippen LogP contribution in [0.1, 0.15) is 5.56 Å². The number of carbonyl (C=O) groups excluding carboxylic acids is 1. The third-order valence-electron chi connectivity index (χ3n) is 5.25. The lowest BCUT2D eigenvalue weighted by atomic mass is 9.74. The van der Waals surface area contributed by atoms with Crippen molar-refractivity contribution in [3.05, 3.63) is 53.7 Å². The zero-order chi connectivity index (χ0) is 17.8. The van der Waals surface area contributed by atoms with Crippen LogP contribution in [0.15, 0.2) is 48.2 Å². The highest BCUT2D eigenvalue weighted by Crippen LogP contribution is 2.58. The molecule has 25 heavy (non-hydrogen) atoms. The summed E-state index contributed by atoms with van der Waals surface area (Å²) in [6, 6.07) is 7.91. The minimum Gasteiger partial charge on any atom is -0.481 e. The third kappa shape index (κ3) is 2.00. The van der Waals surface area contributed by atoms with Gasteiger partial charge in [-0.1, -0.05) is 42.5 Å². The Morgan fingerprint density at radius 3 is 2.52 bits per heavy atom. The van der Waals surface area contributed by atoms with E-state index in [0.717, 1.165) is 5.56 Å². The Kier molecular flexibility index (Phi) is 3.32. The van der Waals surface area contributed by atoms with Crippen LogP contribution >= 0.6 is 0 Å². The van der Waals surface area contributed by atoms with Gasteiger partial charge in [0.1, 0.15) is 17.2 Å². The number of rotatable bonds is 4. The van der Waals surface area contributed by atoms with Gasteiger partial charge in [0.05, 0.1) is 17.9 Å². The van der Waals surface area contributed by atoms with Gasteiger partial charge in [-0.3, -0.25) is 4.79 Å². The lowest BCUT2D eigenvalue weighted by Crippen LogP contribution is -2.49. The summed E-state index contributed by atoms with van der Waals surface area (Å²) >= 11 is 0. The van der Waals surface area contributed by atoms with Gasteiger partial charge >= 0.3 is 11.9 Å². The van der Waals surface area contributed by atoms with E-state index in [-0.39, 0.29) is 12.2 Å². The van der Waals surface area contributed by atoms with Gasteiger partial charge in [0, 0.05) is 6.54 Å². The van der Waals surface area contributed by atoms with Crippen molar-refractivity contribution < 1.29 is 29.3 Å². The molecule has 0 aromatic heterocycles. The Bertz CT molecular complexity index is 827. The summed E-state index contributed by atoms with van der Waals surface area (Å²) in [4.78, 5) is 36.8. The van der Waals surface area contributed by atoms with E-state index in [2.05, 4.69) is 0 Å². The van der Waals surface area contributed by atoms with Crippen LogP contribution in [0.3, 0.4) is 0 Å². The van der Waals surface area contributed by atoms with Crippen molar-refractivity contribution in [2.24, 2.45) is 11.8 Å². The van der Waals surface area contributed by atoms with Gasteiger partial charge in [-0.15, -0.1) is 0 Å². The zero-order valence-electron chi connectivity index (χ0n) is 13.0. The molecule has 0 saturated carbocycles. The normalized spacial score (nSPS) is 34.9. The smallest absolute Gasteiger partial charge is 0.329 e. The van der Waals surface area contributed by atoms with Crippen LogP contribution < -0.4 is 0 Å². The molecule has 2 fully saturated rings. The van der Waals surface area contributed by atoms with E-state index in [0.29, 0.717) is 0 Å². The molecule has 2 N–H and O–H groups in total. The quantitative estimate of drug-likeness (QED) is 0.613. The number of hydrogen-bond acceptors (Lipinski definition) is 5. The van der Waals surface area contributed by atoms with E-state index in [9.17, 15) is 24.6 Å². The van der Waals surface area contributed by atoms with Gasteiger partial charge in [0.2, 0.25) is 0 Å². The number of hydrogen-bond donors (Lipinski definition) is 2. The molecule has 0 amide bonds. The van der Waals surface area contributed by atoms with Crippen LogP contribution in [-0.2, 0) is 25.7 Å². The predicted molar refractivity (Wildman–Crippen MR) is 84.0 cm³/mol. The van der Waals surface area contributed by atoms with Crippen LogP contribution in [0.2, 0.25) is 0 Å². The summed E-state index contributed by atoms with van der Waals surface area (Å²) in [5.74, 6) is -2.32. The zero-order valence-corrected chi connectivity index (χ0v) is 13.0. The molecular weight excluding hydrogens is 326 g/mol. The molecule has 7 heteroatoms. The van der Waals surface area contributed by atoms with Crippen molar-refractivity contribution in [1.82, 2.24) is 4.90 Å². The lowest BCUT2D eigenvalue weighted by Gasteiger charge is -2.30. The van der Waals surface area contributed by atoms with Crippen LogP contribution in [0.4, 0.5) is 0 Å². The Labute approximate surface area is 142 Å². The van der Waals surface area contributed by atoms with Crippen molar-refractivity contribution in [1.29, 1.82) is 0 Å². The number of nitrogens with zero attached hydrogens (tertiary/aromatic N) is 1. The molecule has 0 aliphatic carbocycles. The molecule has 4 rings (SSSR count). The molecule has 3 aliphatic rings. The fourth-order valence-electron chi connectivity index (χ4n) is 4.36. The molecule has 1 aromatic rings. The number of carbonyl (C=O) groups is 2. The first-order valence-electron chi connectivity index (χ1n) is 7.88. The van der Waals surface area contributed by atoms with E-state index in [1.807, 2.05) is 36.3 Å². The van der Waals surface area contributed by atoms with E-state index in [1.165, 1.54) is 4.90 Å². The SMILES string of the molecule is O=C=C1C2C(C(=O)O)C3C=CC2(O3)C(C(=O)O)N1Cc1ccccc1. The summed E-state index contributed by atoms with van der Waals surface area (Å²) in [6.07, 6.45) is 2.45. The van der Waals surface area contributed by atoms with Gasteiger partial charge < -0.3 is 19.8 Å². The van der Waals surface area contributed by atoms with Crippen LogP contribution in [0, 0.1) is 11.8 Å². The molecule has 3 aliphatic heterocycles. The van der Waals surface area contributed by atoms with Crippen LogP contribution in [0.25, 0.3) is 0 Å². The maximum Gasteiger partial charge on any atom is 0.329 e. The van der Waals surface area contributed by atoms with Crippen molar-refractivity contribution in [3.8, 4) is 0 Å². The highest BCUT2D eigenvalue weighted by molar-refractivity contribution is 5.83. The summed E-state index contributed by atoms with van der Waals surface area (Å²) in [7, 11) is 0. The molecule has 1 aromatic carbocycles. The molecule has 3 heterocycles. The van der Waals surface area contributed by atoms with E-state index in [4.69, 9.17) is 4.74 Å². The first kappa shape index (κ1) is 15.6. The molecule has 1 spiro atoms. The maximum atomic E-state index is 12.0. The van der Waals surface area contributed by atoms with Crippen molar-refractivity contribution >= 4 is 17.9 Å². The standard InChI is InChI=1S/C18H15NO6/c20-9-11-14-13(16(21)22)12-6-7-18(14,25-12)15(17(23)24)19(11)8-10-4-2-1-3-5-10/h1-7,12-15H,8H2,(H,21,22)(H,23,24). The number of carboxylic acids is 2. The topological polar surface area (TPSA) is 104 Å². The van der Waals surface area contributed by atoms with Crippen LogP contribution in [0.5, 0.6) is 0 Å². The van der Waals surface area contributed by atoms with Crippen molar-refractivity contribution in [2.45, 2.75) is 24.3 Å². The van der Waals surface area contributed by atoms with E-state index >= 15 is 0 Å². The fourth-order valence-corrected chi connectivity index (χ4v) is 4.36. The molecule has 7 nitrogen and oxygen atoms in total. The average Bonchev–Trinajstić information content (AvgIpc) is 3.20. The highest BCUT2D eigenvalue weighted by atomic mass is 16.5. The van der Waals surface area contributed by atoms with Crippen LogP contribution in [-0.4, -0.2) is 50.7 Å². The Hall–Kier alpha value is -2.89. The number of ether oxygens (including phenoxy) is 1. The second-order valence-corrected chi connectivity index (χ2v) is 6.48. The summed E-state index contributed by atoms with van der Waals surface area (Å²) in [5, 5.41) is 19.4. The molecule has 5 unspecified atom stereocenters. The molecule has 0 radical (unpaired) electrons. The number of likely N-dealkylation sites (tertiary alicyclic amines) is 1. The van der Waals surface area contributed by atoms with Gasteiger partial charge in [-0.2, -0.15) is 0 Å². The fraction of sp³-hybridized carbons (Fsp3) is 0.333. The highest BCUT2D eigenvalue weighted by Gasteiger charge is 2.71. The number of benzene rings is 1. The third-order valence-corrected chi connectivity index (χ3v) is 5.25. The summed E-state index contributed by atoms with van der Waals surface area (Å²) in [6.45, 7) is 0.162. The first-order valence-corrected chi connectivity index (χ1v) is 7.88. The Morgan fingerprint density at radius 2 is 1.92 bits per heavy atom. The average molecular weight is 341 g/mol. The van der Waals surface area contributed by atoms with Gasteiger partial charge in [-0.05, 0) is 5.56 Å². The minimum atomic E-state index is -1.35. The second-order valence-electron chi connectivity index (χ2n) is 6.48. The molecule has 128 valence electrons. The van der Waals surface area contributed by atoms with Gasteiger partial charge in [0.25, 0.3) is 0 Å². The lowest BCUT2D eigenvalue weighted by molar-refractivity contribution is -0.149. The summed E-state index contributed by atoms with van der Waals surface area (Å²) in [5.41, 5.74) is -0.486. The van der Waals surface area contributed by atoms with Crippen molar-refractivity contribution in [3.63, 3.8) is 0 Å². The van der Waals surface area contributed by atoms with Gasteiger partial charge in [0.15, 0.2) is 6.04 Å². The van der Waals surface area contributed by atoms with Crippen molar-refractivity contribution in [2.75, 3.05) is 0 Å². The van der Waals surface area contributed by atoms with E-state index < -0.39 is 41.5 Å². The summed E-state index contributed by atoms with van der Waals surface area (Å²) < 4.78 is 5.82. The molecule has 5 atom stereocenters. The maximum absolute atomic E-state index is 12.0. The second kappa shape index (κ2) is 5.31. The molecular formula is C18H15NO6. The Morgan fingerprint density at radius 1 is 1.20 bits per heavy atom. The number of aliphatic carboxylic acids is 2. The largest absolute Gasteiger partial charge is 0.481 e. The Balaban J connectivity index is 1.83. The monoisotopic (exact) mass is 341 g/mol. The van der Waals surface area contributed by atoms with E-state index in [1.54, 1.807) is 12.2 Å². The van der Waals surface area contributed by atoms with Gasteiger partial charge in [-0.25, -0.2) is 9.59 Å². The first-order chi connectivity index (χ1) is 12.0. The number of fused-ring (bicyclic) bond motifs is 1. The number of carboxylic acid groups (broad SMARTS) is 2. The molecule has 2 bridgehead atoms. The molecule has 2 saturated heterocycles. The minimum absolute atomic E-state index is 0.0514. The predicted octanol–water partition coefficient (Wildman–Crippen LogP) is 0.695.